The van der Waals surface area contributed by atoms with Gasteiger partial charge in [-0.2, -0.15) is 0 Å². The van der Waals surface area contributed by atoms with E-state index < -0.39 is 0 Å². The van der Waals surface area contributed by atoms with Gasteiger partial charge in [0.15, 0.2) is 0 Å². The van der Waals surface area contributed by atoms with Crippen LogP contribution in [-0.2, 0) is 12.8 Å². The molecule has 0 unspecified atom stereocenters. The summed E-state index contributed by atoms with van der Waals surface area (Å²) in [7, 11) is 0. The third-order valence-electron chi connectivity index (χ3n) is 4.11. The topological polar surface area (TPSA) is 23.9 Å². The van der Waals surface area contributed by atoms with Gasteiger partial charge < -0.3 is 5.41 Å². The Morgan fingerprint density at radius 1 is 1.30 bits per heavy atom. The summed E-state index contributed by atoms with van der Waals surface area (Å²) in [5.74, 6) is 0. The van der Waals surface area contributed by atoms with Crippen LogP contribution in [0.15, 0.2) is 47.6 Å². The van der Waals surface area contributed by atoms with Crippen molar-refractivity contribution < 1.29 is 0 Å². The van der Waals surface area contributed by atoms with Crippen LogP contribution in [0.25, 0.3) is 5.57 Å². The van der Waals surface area contributed by atoms with Gasteiger partial charge in [-0.15, -0.1) is 0 Å². The molecule has 0 saturated heterocycles. The number of benzene rings is 1. The lowest BCUT2D eigenvalue weighted by molar-refractivity contribution is 1.13. The molecule has 0 spiro atoms. The molecule has 1 nitrogen and oxygen atoms in total. The van der Waals surface area contributed by atoms with E-state index in [2.05, 4.69) is 50.3 Å². The van der Waals surface area contributed by atoms with E-state index in [-0.39, 0.29) is 0 Å². The van der Waals surface area contributed by atoms with Crippen molar-refractivity contribution in [3.05, 3.63) is 64.3 Å². The summed E-state index contributed by atoms with van der Waals surface area (Å²) in [6, 6.07) is 6.59. The molecule has 0 saturated carbocycles. The number of fused-ring (bicyclic) bond motifs is 1. The maximum Gasteiger partial charge on any atom is 0.0309 e. The minimum atomic E-state index is 0.654. The maximum absolute atomic E-state index is 7.65. The van der Waals surface area contributed by atoms with E-state index in [1.54, 1.807) is 0 Å². The lowest BCUT2D eigenvalue weighted by atomic mass is 9.97. The Hall–Kier alpha value is -1.89. The molecule has 0 atom stereocenters. The molecule has 20 heavy (non-hydrogen) atoms. The van der Waals surface area contributed by atoms with Gasteiger partial charge in [-0.1, -0.05) is 36.4 Å². The van der Waals surface area contributed by atoms with E-state index in [9.17, 15) is 0 Å². The molecule has 0 aliphatic heterocycles. The molecule has 1 aliphatic rings. The number of hydrogen-bond acceptors (Lipinski definition) is 1. The van der Waals surface area contributed by atoms with E-state index in [0.717, 1.165) is 18.4 Å². The third-order valence-corrected chi connectivity index (χ3v) is 4.11. The maximum atomic E-state index is 7.65. The van der Waals surface area contributed by atoms with Gasteiger partial charge in [0, 0.05) is 5.71 Å². The normalized spacial score (nSPS) is 15.1. The second kappa shape index (κ2) is 6.04. The van der Waals surface area contributed by atoms with Crippen molar-refractivity contribution in [3.63, 3.8) is 0 Å². The van der Waals surface area contributed by atoms with Crippen LogP contribution >= 0.6 is 0 Å². The molecule has 0 fully saturated rings. The van der Waals surface area contributed by atoms with Gasteiger partial charge in [-0.3, -0.25) is 0 Å². The molecule has 0 bridgehead atoms. The van der Waals surface area contributed by atoms with Crippen LogP contribution in [0.5, 0.6) is 0 Å². The highest BCUT2D eigenvalue weighted by atomic mass is 14.4. The molecule has 0 heterocycles. The highest BCUT2D eigenvalue weighted by molar-refractivity contribution is 5.95. The predicted molar refractivity (Wildman–Crippen MR) is 88.4 cm³/mol. The van der Waals surface area contributed by atoms with Crippen LogP contribution < -0.4 is 0 Å². The molecule has 104 valence electrons. The first-order valence-electron chi connectivity index (χ1n) is 7.20. The Labute approximate surface area is 122 Å². The number of hydrogen-bond donors (Lipinski definition) is 1. The Balaban J connectivity index is 2.31. The molecule has 0 radical (unpaired) electrons. The van der Waals surface area contributed by atoms with Crippen LogP contribution in [0.3, 0.4) is 0 Å². The van der Waals surface area contributed by atoms with Gasteiger partial charge in [-0.05, 0) is 73.9 Å². The monoisotopic (exact) mass is 265 g/mol. The van der Waals surface area contributed by atoms with Crippen molar-refractivity contribution in [2.45, 2.75) is 40.5 Å². The second-order valence-corrected chi connectivity index (χ2v) is 5.49. The molecule has 2 rings (SSSR count). The Morgan fingerprint density at radius 3 is 2.70 bits per heavy atom. The van der Waals surface area contributed by atoms with Gasteiger partial charge >= 0.3 is 0 Å². The minimum Gasteiger partial charge on any atom is -0.305 e. The van der Waals surface area contributed by atoms with E-state index in [1.165, 1.54) is 27.8 Å². The molecular formula is C19H23N. The van der Waals surface area contributed by atoms with Crippen molar-refractivity contribution >= 4 is 11.3 Å². The Kier molecular flexibility index (Phi) is 4.39. The Bertz CT molecular complexity index is 627. The first-order valence-corrected chi connectivity index (χ1v) is 7.20. The molecular weight excluding hydrogens is 242 g/mol. The van der Waals surface area contributed by atoms with Gasteiger partial charge in [-0.25, -0.2) is 0 Å². The zero-order chi connectivity index (χ0) is 14.7. The molecule has 0 aromatic heterocycles. The fourth-order valence-corrected chi connectivity index (χ4v) is 2.68. The molecule has 1 heteroatoms. The largest absolute Gasteiger partial charge is 0.305 e. The summed E-state index contributed by atoms with van der Waals surface area (Å²) in [5, 5.41) is 7.65. The quantitative estimate of drug-likeness (QED) is 0.731. The number of nitrogens with one attached hydrogen (secondary N) is 1. The fourth-order valence-electron chi connectivity index (χ4n) is 2.68. The first-order chi connectivity index (χ1) is 9.54. The van der Waals surface area contributed by atoms with Gasteiger partial charge in [0.25, 0.3) is 0 Å². The third kappa shape index (κ3) is 2.82. The summed E-state index contributed by atoms with van der Waals surface area (Å²) < 4.78 is 0. The summed E-state index contributed by atoms with van der Waals surface area (Å²) in [6.45, 7) is 8.15. The van der Waals surface area contributed by atoms with Crippen LogP contribution in [0.1, 0.15) is 44.4 Å². The lowest BCUT2D eigenvalue weighted by Crippen LogP contribution is -1.96. The van der Waals surface area contributed by atoms with Crippen LogP contribution in [0.4, 0.5) is 0 Å². The summed E-state index contributed by atoms with van der Waals surface area (Å²) in [6.07, 6.45) is 8.47. The first kappa shape index (κ1) is 14.5. The molecule has 1 N–H and O–H groups in total. The van der Waals surface area contributed by atoms with Crippen LogP contribution in [-0.4, -0.2) is 5.71 Å². The van der Waals surface area contributed by atoms with Gasteiger partial charge in [0.05, 0.1) is 0 Å². The Morgan fingerprint density at radius 2 is 2.05 bits per heavy atom. The fraction of sp³-hybridized carbons (Fsp3) is 0.316. The molecule has 0 amide bonds. The number of allylic oxidation sites excluding steroid dienone is 6. The van der Waals surface area contributed by atoms with E-state index in [4.69, 9.17) is 5.41 Å². The van der Waals surface area contributed by atoms with E-state index in [1.807, 2.05) is 13.8 Å². The van der Waals surface area contributed by atoms with Crippen molar-refractivity contribution in [3.8, 4) is 0 Å². The summed E-state index contributed by atoms with van der Waals surface area (Å²) in [4.78, 5) is 0. The average molecular weight is 265 g/mol. The summed E-state index contributed by atoms with van der Waals surface area (Å²) in [5.41, 5.74) is 8.81. The van der Waals surface area contributed by atoms with Crippen molar-refractivity contribution in [2.75, 3.05) is 0 Å². The molecule has 1 aliphatic carbocycles. The molecule has 1 aromatic rings. The van der Waals surface area contributed by atoms with Crippen LogP contribution in [0.2, 0.25) is 0 Å². The second-order valence-electron chi connectivity index (χ2n) is 5.49. The molecule has 1 aromatic carbocycles. The highest BCUT2D eigenvalue weighted by Gasteiger charge is 2.18. The lowest BCUT2D eigenvalue weighted by Gasteiger charge is -2.08. The van der Waals surface area contributed by atoms with Crippen molar-refractivity contribution in [1.29, 1.82) is 5.41 Å². The van der Waals surface area contributed by atoms with Gasteiger partial charge in [0.2, 0.25) is 0 Å². The zero-order valence-corrected chi connectivity index (χ0v) is 12.9. The number of rotatable bonds is 4. The van der Waals surface area contributed by atoms with Crippen LogP contribution in [0, 0.1) is 5.41 Å². The van der Waals surface area contributed by atoms with Crippen molar-refractivity contribution in [1.82, 2.24) is 0 Å². The summed E-state index contributed by atoms with van der Waals surface area (Å²) >= 11 is 0. The predicted octanol–water partition coefficient (Wildman–Crippen LogP) is 5.12. The van der Waals surface area contributed by atoms with Crippen molar-refractivity contribution in [2.24, 2.45) is 0 Å². The SMILES string of the molecule is C/C=C\C1=C(C)c2cccc(C/C=C(/C)C(C)=N)c2C1. The smallest absolute Gasteiger partial charge is 0.0309 e. The average Bonchev–Trinajstić information content (AvgIpc) is 2.74. The van der Waals surface area contributed by atoms with Gasteiger partial charge in [0.1, 0.15) is 0 Å². The highest BCUT2D eigenvalue weighted by Crippen LogP contribution is 2.35. The van der Waals surface area contributed by atoms with E-state index >= 15 is 0 Å². The van der Waals surface area contributed by atoms with E-state index in [0.29, 0.717) is 5.71 Å². The standard InChI is InChI=1S/C19H23N/c1-5-7-17-12-19-16(11-10-13(2)15(4)20)8-6-9-18(19)14(17)3/h5-10,20H,11-12H2,1-4H3/b7-5-,13-10-,20-15?. The minimum absolute atomic E-state index is 0.654. The zero-order valence-electron chi connectivity index (χ0n) is 12.9.